The molecular formula is C16H25N4O3+. The molecule has 0 unspecified atom stereocenters. The number of urea groups is 1. The number of hydrogen-bond acceptors (Lipinski definition) is 4. The summed E-state index contributed by atoms with van der Waals surface area (Å²) in [5, 5.41) is 4.74. The fraction of sp³-hybridized carbons (Fsp3) is 0.500. The fourth-order valence-corrected chi connectivity index (χ4v) is 2.75. The van der Waals surface area contributed by atoms with E-state index in [-0.39, 0.29) is 11.9 Å². The van der Waals surface area contributed by atoms with Crippen molar-refractivity contribution in [2.75, 3.05) is 45.2 Å². The van der Waals surface area contributed by atoms with Crippen molar-refractivity contribution in [3.63, 3.8) is 0 Å². The van der Waals surface area contributed by atoms with Crippen molar-refractivity contribution in [2.45, 2.75) is 13.0 Å². The van der Waals surface area contributed by atoms with Crippen LogP contribution in [0.1, 0.15) is 6.92 Å². The van der Waals surface area contributed by atoms with E-state index in [0.29, 0.717) is 0 Å². The molecule has 7 heteroatoms. The molecule has 1 saturated heterocycles. The maximum Gasteiger partial charge on any atom is 0.321 e. The van der Waals surface area contributed by atoms with E-state index in [1.54, 1.807) is 7.11 Å². The third-order valence-electron chi connectivity index (χ3n) is 4.31. The predicted molar refractivity (Wildman–Crippen MR) is 88.0 cm³/mol. The number of carbonyl (C=O) groups is 2. The van der Waals surface area contributed by atoms with Gasteiger partial charge in [0.2, 0.25) is 0 Å². The standard InChI is InChI=1S/C16H24N4O3/c1-12(15(21)18-16(22)17-2)19-8-10-20(11-9-19)13-4-6-14(23-3)7-5-13/h4-7,12H,8-11H2,1-3H3,(H2,17,18,21,22)/p+1/t12-/m0/s1. The van der Waals surface area contributed by atoms with Crippen LogP contribution >= 0.6 is 0 Å². The summed E-state index contributed by atoms with van der Waals surface area (Å²) in [6, 6.07) is 7.29. The van der Waals surface area contributed by atoms with E-state index < -0.39 is 6.03 Å². The van der Waals surface area contributed by atoms with Crippen LogP contribution in [-0.2, 0) is 4.79 Å². The van der Waals surface area contributed by atoms with Gasteiger partial charge in [-0.15, -0.1) is 0 Å². The topological polar surface area (TPSA) is 75.1 Å². The second-order valence-electron chi connectivity index (χ2n) is 5.63. The second kappa shape index (κ2) is 7.82. The van der Waals surface area contributed by atoms with Crippen LogP contribution in [0, 0.1) is 0 Å². The number of nitrogens with zero attached hydrogens (tertiary/aromatic N) is 1. The van der Waals surface area contributed by atoms with Gasteiger partial charge in [0.1, 0.15) is 5.75 Å². The SMILES string of the molecule is CNC(=O)NC(=O)[C@H](C)[NH+]1CCN(c2ccc(OC)cc2)CC1. The van der Waals surface area contributed by atoms with Gasteiger partial charge < -0.3 is 19.9 Å². The highest BCUT2D eigenvalue weighted by molar-refractivity contribution is 5.96. The smallest absolute Gasteiger partial charge is 0.321 e. The first-order valence-corrected chi connectivity index (χ1v) is 7.81. The maximum atomic E-state index is 12.0. The number of methoxy groups -OCH3 is 1. The number of amides is 3. The van der Waals surface area contributed by atoms with E-state index in [4.69, 9.17) is 4.74 Å². The number of anilines is 1. The molecule has 1 aliphatic heterocycles. The number of nitrogens with one attached hydrogen (secondary N) is 3. The summed E-state index contributed by atoms with van der Waals surface area (Å²) in [7, 11) is 3.15. The molecular weight excluding hydrogens is 296 g/mol. The Kier molecular flexibility index (Phi) is 5.81. The lowest BCUT2D eigenvalue weighted by molar-refractivity contribution is -0.914. The van der Waals surface area contributed by atoms with Gasteiger partial charge in [0, 0.05) is 12.7 Å². The second-order valence-corrected chi connectivity index (χ2v) is 5.63. The normalized spacial score (nSPS) is 16.6. The molecule has 126 valence electrons. The van der Waals surface area contributed by atoms with Gasteiger partial charge in [-0.1, -0.05) is 0 Å². The third kappa shape index (κ3) is 4.35. The van der Waals surface area contributed by atoms with Gasteiger partial charge in [-0.25, -0.2) is 4.79 Å². The molecule has 2 rings (SSSR count). The molecule has 0 radical (unpaired) electrons. The Hall–Kier alpha value is -2.28. The molecule has 0 saturated carbocycles. The van der Waals surface area contributed by atoms with Gasteiger partial charge >= 0.3 is 6.03 Å². The van der Waals surface area contributed by atoms with E-state index in [0.717, 1.165) is 37.6 Å². The van der Waals surface area contributed by atoms with Gasteiger partial charge in [-0.2, -0.15) is 0 Å². The van der Waals surface area contributed by atoms with Gasteiger partial charge in [-0.05, 0) is 31.2 Å². The Balaban J connectivity index is 1.87. The lowest BCUT2D eigenvalue weighted by Crippen LogP contribution is -3.19. The Morgan fingerprint density at radius 2 is 1.83 bits per heavy atom. The van der Waals surface area contributed by atoms with Crippen LogP contribution in [0.3, 0.4) is 0 Å². The maximum absolute atomic E-state index is 12.0. The zero-order valence-electron chi connectivity index (χ0n) is 13.9. The zero-order chi connectivity index (χ0) is 16.8. The van der Waals surface area contributed by atoms with Crippen LogP contribution < -0.4 is 25.2 Å². The lowest BCUT2D eigenvalue weighted by atomic mass is 10.2. The third-order valence-corrected chi connectivity index (χ3v) is 4.31. The van der Waals surface area contributed by atoms with E-state index in [9.17, 15) is 9.59 Å². The van der Waals surface area contributed by atoms with E-state index >= 15 is 0 Å². The minimum atomic E-state index is -0.460. The van der Waals surface area contributed by atoms with Crippen LogP contribution in [0.15, 0.2) is 24.3 Å². The van der Waals surface area contributed by atoms with Gasteiger partial charge in [-0.3, -0.25) is 10.1 Å². The van der Waals surface area contributed by atoms with Crippen molar-refractivity contribution in [3.8, 4) is 5.75 Å². The number of imide groups is 1. The number of rotatable bonds is 4. The van der Waals surface area contributed by atoms with Crippen molar-refractivity contribution in [2.24, 2.45) is 0 Å². The van der Waals surface area contributed by atoms with Crippen LogP contribution in [0.4, 0.5) is 10.5 Å². The highest BCUT2D eigenvalue weighted by Crippen LogP contribution is 2.18. The number of ether oxygens (including phenoxy) is 1. The summed E-state index contributed by atoms with van der Waals surface area (Å²) >= 11 is 0. The van der Waals surface area contributed by atoms with Gasteiger partial charge in [0.15, 0.2) is 6.04 Å². The highest BCUT2D eigenvalue weighted by atomic mass is 16.5. The summed E-state index contributed by atoms with van der Waals surface area (Å²) in [6.07, 6.45) is 0. The summed E-state index contributed by atoms with van der Waals surface area (Å²) in [5.74, 6) is 0.606. The minimum absolute atomic E-state index is 0.239. The van der Waals surface area contributed by atoms with Crippen molar-refractivity contribution in [1.29, 1.82) is 0 Å². The average Bonchev–Trinajstić information content (AvgIpc) is 2.61. The van der Waals surface area contributed by atoms with Crippen molar-refractivity contribution >= 4 is 17.6 Å². The molecule has 0 aliphatic carbocycles. The van der Waals surface area contributed by atoms with E-state index in [1.165, 1.54) is 11.9 Å². The average molecular weight is 321 g/mol. The molecule has 0 spiro atoms. The summed E-state index contributed by atoms with van der Waals surface area (Å²) in [4.78, 5) is 26.7. The molecule has 0 aromatic heterocycles. The number of carbonyl (C=O) groups excluding carboxylic acids is 2. The Labute approximate surface area is 136 Å². The Morgan fingerprint density at radius 3 is 2.35 bits per heavy atom. The monoisotopic (exact) mass is 321 g/mol. The van der Waals surface area contributed by atoms with E-state index in [1.807, 2.05) is 31.2 Å². The molecule has 3 amide bonds. The zero-order valence-corrected chi connectivity index (χ0v) is 13.9. The largest absolute Gasteiger partial charge is 0.497 e. The summed E-state index contributed by atoms with van der Waals surface area (Å²) in [5.41, 5.74) is 1.16. The molecule has 7 nitrogen and oxygen atoms in total. The molecule has 1 aromatic carbocycles. The fourth-order valence-electron chi connectivity index (χ4n) is 2.75. The van der Waals surface area contributed by atoms with Crippen molar-refractivity contribution in [3.05, 3.63) is 24.3 Å². The van der Waals surface area contributed by atoms with Gasteiger partial charge in [0.05, 0.1) is 33.3 Å². The van der Waals surface area contributed by atoms with Gasteiger partial charge in [0.25, 0.3) is 5.91 Å². The molecule has 1 heterocycles. The Bertz CT molecular complexity index is 539. The molecule has 23 heavy (non-hydrogen) atoms. The van der Waals surface area contributed by atoms with Crippen LogP contribution in [0.2, 0.25) is 0 Å². The molecule has 1 aromatic rings. The summed E-state index contributed by atoms with van der Waals surface area (Å²) in [6.45, 7) is 5.32. The molecule has 1 atom stereocenters. The quantitative estimate of drug-likeness (QED) is 0.682. The van der Waals surface area contributed by atoms with Crippen molar-refractivity contribution in [1.82, 2.24) is 10.6 Å². The van der Waals surface area contributed by atoms with Crippen LogP contribution in [-0.4, -0.2) is 58.3 Å². The van der Waals surface area contributed by atoms with Crippen LogP contribution in [0.25, 0.3) is 0 Å². The number of piperazine rings is 1. The molecule has 1 fully saturated rings. The minimum Gasteiger partial charge on any atom is -0.497 e. The predicted octanol–water partition coefficient (Wildman–Crippen LogP) is -0.756. The summed E-state index contributed by atoms with van der Waals surface area (Å²) < 4.78 is 5.17. The molecule has 3 N–H and O–H groups in total. The molecule has 1 aliphatic rings. The number of quaternary nitrogens is 1. The first-order valence-electron chi connectivity index (χ1n) is 7.81. The van der Waals surface area contributed by atoms with Crippen LogP contribution in [0.5, 0.6) is 5.75 Å². The highest BCUT2D eigenvalue weighted by Gasteiger charge is 2.29. The first kappa shape index (κ1) is 17.1. The first-order chi connectivity index (χ1) is 11.0. The lowest BCUT2D eigenvalue weighted by Gasteiger charge is -2.35. The molecule has 0 bridgehead atoms. The number of benzene rings is 1. The van der Waals surface area contributed by atoms with Crippen molar-refractivity contribution < 1.29 is 19.2 Å². The number of hydrogen-bond donors (Lipinski definition) is 3. The Morgan fingerprint density at radius 1 is 1.22 bits per heavy atom. The van der Waals surface area contributed by atoms with E-state index in [2.05, 4.69) is 15.5 Å².